The molecule has 1 aliphatic rings. The zero-order valence-electron chi connectivity index (χ0n) is 10.6. The summed E-state index contributed by atoms with van der Waals surface area (Å²) in [5.74, 6) is 0.164. The zero-order chi connectivity index (χ0) is 13.4. The number of nitrogens with zero attached hydrogens (tertiary/aromatic N) is 1. The highest BCUT2D eigenvalue weighted by Crippen LogP contribution is 2.20. The molecular formula is C14H14FN3O. The van der Waals surface area contributed by atoms with Gasteiger partial charge in [-0.15, -0.1) is 0 Å². The Bertz CT molecular complexity index is 694. The third-order valence-corrected chi connectivity index (χ3v) is 3.36. The Kier molecular flexibility index (Phi) is 2.81. The van der Waals surface area contributed by atoms with Gasteiger partial charge in [0, 0.05) is 11.3 Å². The van der Waals surface area contributed by atoms with E-state index in [9.17, 15) is 9.18 Å². The number of H-pyrrole nitrogens is 1. The first kappa shape index (κ1) is 11.9. The number of fused-ring (bicyclic) bond motifs is 1. The van der Waals surface area contributed by atoms with Gasteiger partial charge in [0.2, 0.25) is 5.95 Å². The van der Waals surface area contributed by atoms with Crippen molar-refractivity contribution in [3.8, 4) is 0 Å². The van der Waals surface area contributed by atoms with Crippen molar-refractivity contribution in [2.75, 3.05) is 5.32 Å². The Morgan fingerprint density at radius 2 is 2.21 bits per heavy atom. The second kappa shape index (κ2) is 4.50. The number of rotatable bonds is 2. The van der Waals surface area contributed by atoms with Crippen LogP contribution in [0.5, 0.6) is 0 Å². The van der Waals surface area contributed by atoms with E-state index in [0.717, 1.165) is 30.5 Å². The van der Waals surface area contributed by atoms with Gasteiger partial charge in [0.15, 0.2) is 0 Å². The van der Waals surface area contributed by atoms with Gasteiger partial charge in [0.05, 0.1) is 5.69 Å². The SMILES string of the molecule is Cc1cc(Nc2nc3c(c(=O)[nH]2)CCC3)ccc1F. The van der Waals surface area contributed by atoms with Gasteiger partial charge in [0.1, 0.15) is 5.82 Å². The summed E-state index contributed by atoms with van der Waals surface area (Å²) in [6, 6.07) is 4.70. The van der Waals surface area contributed by atoms with E-state index >= 15 is 0 Å². The minimum absolute atomic E-state index is 0.0798. The fourth-order valence-electron chi connectivity index (χ4n) is 2.36. The van der Waals surface area contributed by atoms with Crippen LogP contribution in [0.4, 0.5) is 16.0 Å². The highest BCUT2D eigenvalue weighted by Gasteiger charge is 2.17. The second-order valence-corrected chi connectivity index (χ2v) is 4.78. The summed E-state index contributed by atoms with van der Waals surface area (Å²) < 4.78 is 13.2. The van der Waals surface area contributed by atoms with Crippen LogP contribution >= 0.6 is 0 Å². The van der Waals surface area contributed by atoms with E-state index in [0.29, 0.717) is 17.2 Å². The minimum atomic E-state index is -0.249. The molecule has 1 aliphatic carbocycles. The number of hydrogen-bond donors (Lipinski definition) is 2. The Morgan fingerprint density at radius 3 is 3.00 bits per heavy atom. The van der Waals surface area contributed by atoms with E-state index < -0.39 is 0 Å². The summed E-state index contributed by atoms with van der Waals surface area (Å²) in [6.45, 7) is 1.69. The molecular weight excluding hydrogens is 245 g/mol. The van der Waals surface area contributed by atoms with Crippen molar-refractivity contribution in [1.29, 1.82) is 0 Å². The molecule has 0 saturated carbocycles. The first-order valence-electron chi connectivity index (χ1n) is 6.29. The summed E-state index contributed by atoms with van der Waals surface area (Å²) in [4.78, 5) is 19.0. The van der Waals surface area contributed by atoms with Crippen LogP contribution in [0, 0.1) is 12.7 Å². The second-order valence-electron chi connectivity index (χ2n) is 4.78. The normalized spacial score (nSPS) is 13.4. The third kappa shape index (κ3) is 2.23. The van der Waals surface area contributed by atoms with Crippen molar-refractivity contribution >= 4 is 11.6 Å². The number of aromatic nitrogens is 2. The number of anilines is 2. The molecule has 4 nitrogen and oxygen atoms in total. The Balaban J connectivity index is 1.93. The molecule has 0 spiro atoms. The predicted octanol–water partition coefficient (Wildman–Crippen LogP) is 2.45. The molecule has 1 heterocycles. The van der Waals surface area contributed by atoms with Crippen molar-refractivity contribution < 1.29 is 4.39 Å². The fourth-order valence-corrected chi connectivity index (χ4v) is 2.36. The van der Waals surface area contributed by atoms with Crippen LogP contribution in [0.25, 0.3) is 0 Å². The monoisotopic (exact) mass is 259 g/mol. The molecule has 1 aromatic carbocycles. The van der Waals surface area contributed by atoms with E-state index in [1.54, 1.807) is 19.1 Å². The quantitative estimate of drug-likeness (QED) is 0.871. The molecule has 1 aromatic heterocycles. The average Bonchev–Trinajstić information content (AvgIpc) is 2.82. The molecule has 19 heavy (non-hydrogen) atoms. The maximum Gasteiger partial charge on any atom is 0.255 e. The molecule has 0 amide bonds. The maximum atomic E-state index is 13.2. The van der Waals surface area contributed by atoms with Gasteiger partial charge in [-0.1, -0.05) is 0 Å². The van der Waals surface area contributed by atoms with Gasteiger partial charge in [-0.3, -0.25) is 9.78 Å². The molecule has 0 fully saturated rings. The van der Waals surface area contributed by atoms with E-state index in [2.05, 4.69) is 15.3 Å². The lowest BCUT2D eigenvalue weighted by Crippen LogP contribution is -2.16. The summed E-state index contributed by atoms with van der Waals surface area (Å²) in [7, 11) is 0. The van der Waals surface area contributed by atoms with Crippen LogP contribution in [0.1, 0.15) is 23.2 Å². The Labute approximate surface area is 109 Å². The average molecular weight is 259 g/mol. The standard InChI is InChI=1S/C14H14FN3O/c1-8-7-9(5-6-11(8)15)16-14-17-12-4-2-3-10(12)13(19)18-14/h5-7H,2-4H2,1H3,(H2,16,17,18,19). The lowest BCUT2D eigenvalue weighted by atomic mass is 10.2. The van der Waals surface area contributed by atoms with E-state index in [4.69, 9.17) is 0 Å². The molecule has 0 bridgehead atoms. The summed E-state index contributed by atoms with van der Waals surface area (Å²) in [5, 5.41) is 3.01. The summed E-state index contributed by atoms with van der Waals surface area (Å²) in [6.07, 6.45) is 2.62. The van der Waals surface area contributed by atoms with Crippen molar-refractivity contribution in [3.05, 3.63) is 51.2 Å². The van der Waals surface area contributed by atoms with Crippen molar-refractivity contribution in [2.45, 2.75) is 26.2 Å². The molecule has 3 rings (SSSR count). The highest BCUT2D eigenvalue weighted by molar-refractivity contribution is 5.54. The largest absolute Gasteiger partial charge is 0.326 e. The molecule has 5 heteroatoms. The van der Waals surface area contributed by atoms with Crippen LogP contribution in [0.2, 0.25) is 0 Å². The Morgan fingerprint density at radius 1 is 1.37 bits per heavy atom. The molecule has 98 valence electrons. The number of benzene rings is 1. The minimum Gasteiger partial charge on any atom is -0.326 e. The zero-order valence-corrected chi connectivity index (χ0v) is 10.6. The summed E-state index contributed by atoms with van der Waals surface area (Å²) in [5.41, 5.74) is 2.84. The molecule has 0 atom stereocenters. The van der Waals surface area contributed by atoms with Gasteiger partial charge in [-0.2, -0.15) is 0 Å². The van der Waals surface area contributed by atoms with Crippen molar-refractivity contribution in [3.63, 3.8) is 0 Å². The molecule has 0 radical (unpaired) electrons. The fraction of sp³-hybridized carbons (Fsp3) is 0.286. The first-order chi connectivity index (χ1) is 9.13. The first-order valence-corrected chi connectivity index (χ1v) is 6.29. The van der Waals surface area contributed by atoms with Crippen LogP contribution in [-0.2, 0) is 12.8 Å². The van der Waals surface area contributed by atoms with E-state index in [1.807, 2.05) is 0 Å². The van der Waals surface area contributed by atoms with Gasteiger partial charge < -0.3 is 5.32 Å². The highest BCUT2D eigenvalue weighted by atomic mass is 19.1. The molecule has 0 unspecified atom stereocenters. The number of aryl methyl sites for hydroxylation is 2. The number of nitrogens with one attached hydrogen (secondary N) is 2. The lowest BCUT2D eigenvalue weighted by molar-refractivity contribution is 0.619. The van der Waals surface area contributed by atoms with Crippen LogP contribution in [-0.4, -0.2) is 9.97 Å². The molecule has 2 aromatic rings. The van der Waals surface area contributed by atoms with Crippen LogP contribution < -0.4 is 10.9 Å². The summed E-state index contributed by atoms with van der Waals surface area (Å²) >= 11 is 0. The van der Waals surface area contributed by atoms with Crippen LogP contribution in [0.15, 0.2) is 23.0 Å². The topological polar surface area (TPSA) is 57.8 Å². The lowest BCUT2D eigenvalue weighted by Gasteiger charge is -2.08. The van der Waals surface area contributed by atoms with Gasteiger partial charge in [0.25, 0.3) is 5.56 Å². The number of hydrogen-bond acceptors (Lipinski definition) is 3. The van der Waals surface area contributed by atoms with Gasteiger partial charge in [-0.25, -0.2) is 9.37 Å². The Hall–Kier alpha value is -2.17. The van der Waals surface area contributed by atoms with Crippen molar-refractivity contribution in [1.82, 2.24) is 9.97 Å². The van der Waals surface area contributed by atoms with Crippen molar-refractivity contribution in [2.24, 2.45) is 0 Å². The van der Waals surface area contributed by atoms with Crippen LogP contribution in [0.3, 0.4) is 0 Å². The number of halogens is 1. The molecule has 2 N–H and O–H groups in total. The molecule has 0 aliphatic heterocycles. The smallest absolute Gasteiger partial charge is 0.255 e. The van der Waals surface area contributed by atoms with E-state index in [-0.39, 0.29) is 11.4 Å². The maximum absolute atomic E-state index is 13.2. The predicted molar refractivity (Wildman–Crippen MR) is 71.3 cm³/mol. The van der Waals surface area contributed by atoms with Gasteiger partial charge in [-0.05, 0) is 49.9 Å². The third-order valence-electron chi connectivity index (χ3n) is 3.36. The number of aromatic amines is 1. The van der Waals surface area contributed by atoms with Gasteiger partial charge >= 0.3 is 0 Å². The van der Waals surface area contributed by atoms with E-state index in [1.165, 1.54) is 6.07 Å². The molecule has 0 saturated heterocycles.